The molecule has 2 N–H and O–H groups in total. The van der Waals surface area contributed by atoms with Gasteiger partial charge in [-0.25, -0.2) is 0 Å². The van der Waals surface area contributed by atoms with Crippen molar-refractivity contribution in [2.45, 2.75) is 37.8 Å². The fraction of sp³-hybridized carbons (Fsp3) is 0.571. The van der Waals surface area contributed by atoms with E-state index in [1.807, 2.05) is 0 Å². The summed E-state index contributed by atoms with van der Waals surface area (Å²) in [4.78, 5) is 2.58. The van der Waals surface area contributed by atoms with Crippen molar-refractivity contribution in [3.05, 3.63) is 35.4 Å². The molecule has 0 bridgehead atoms. The Labute approximate surface area is 97.4 Å². The van der Waals surface area contributed by atoms with Crippen LogP contribution in [0.15, 0.2) is 24.3 Å². The lowest BCUT2D eigenvalue weighted by Crippen LogP contribution is -2.51. The molecule has 0 saturated carbocycles. The molecule has 1 fully saturated rings. The van der Waals surface area contributed by atoms with Gasteiger partial charge < -0.3 is 5.73 Å². The standard InChI is InChI=1S/C14H20N2/c1-14(15)12-7-3-2-6-11(12)10-13(14)16-8-4-5-9-16/h2-3,6-7,13H,4-5,8-10,15H2,1H3. The first-order valence-corrected chi connectivity index (χ1v) is 6.31. The fourth-order valence-electron chi connectivity index (χ4n) is 3.39. The number of likely N-dealkylation sites (tertiary alicyclic amines) is 1. The van der Waals surface area contributed by atoms with Gasteiger partial charge in [0.2, 0.25) is 0 Å². The van der Waals surface area contributed by atoms with E-state index in [0.717, 1.165) is 6.42 Å². The maximum atomic E-state index is 6.57. The molecule has 2 heteroatoms. The fourth-order valence-corrected chi connectivity index (χ4v) is 3.39. The minimum absolute atomic E-state index is 0.166. The summed E-state index contributed by atoms with van der Waals surface area (Å²) in [5.41, 5.74) is 9.21. The molecular weight excluding hydrogens is 196 g/mol. The second kappa shape index (κ2) is 3.57. The largest absolute Gasteiger partial charge is 0.320 e. The normalized spacial score (nSPS) is 34.2. The minimum atomic E-state index is -0.166. The zero-order valence-corrected chi connectivity index (χ0v) is 9.95. The van der Waals surface area contributed by atoms with Crippen molar-refractivity contribution < 1.29 is 0 Å². The molecule has 16 heavy (non-hydrogen) atoms. The van der Waals surface area contributed by atoms with E-state index in [1.54, 1.807) is 0 Å². The molecule has 1 aliphatic carbocycles. The van der Waals surface area contributed by atoms with E-state index < -0.39 is 0 Å². The zero-order valence-electron chi connectivity index (χ0n) is 9.95. The third kappa shape index (κ3) is 1.40. The van der Waals surface area contributed by atoms with Crippen LogP contribution in [-0.4, -0.2) is 24.0 Å². The average Bonchev–Trinajstić information content (AvgIpc) is 2.86. The smallest absolute Gasteiger partial charge is 0.0544 e. The molecular formula is C14H20N2. The Balaban J connectivity index is 1.95. The first-order valence-electron chi connectivity index (χ1n) is 6.31. The second-order valence-electron chi connectivity index (χ2n) is 5.40. The van der Waals surface area contributed by atoms with Gasteiger partial charge in [0.05, 0.1) is 5.54 Å². The number of rotatable bonds is 1. The molecule has 3 rings (SSSR count). The average molecular weight is 216 g/mol. The molecule has 2 unspecified atom stereocenters. The zero-order chi connectivity index (χ0) is 11.2. The van der Waals surface area contributed by atoms with Gasteiger partial charge in [0.15, 0.2) is 0 Å². The highest BCUT2D eigenvalue weighted by Gasteiger charge is 2.43. The second-order valence-corrected chi connectivity index (χ2v) is 5.40. The molecule has 0 radical (unpaired) electrons. The number of nitrogens with two attached hydrogens (primary N) is 1. The molecule has 0 aromatic heterocycles. The van der Waals surface area contributed by atoms with Gasteiger partial charge in [0, 0.05) is 6.04 Å². The molecule has 2 atom stereocenters. The Hall–Kier alpha value is -0.860. The van der Waals surface area contributed by atoms with Crippen molar-refractivity contribution in [2.75, 3.05) is 13.1 Å². The Morgan fingerprint density at radius 3 is 2.62 bits per heavy atom. The van der Waals surface area contributed by atoms with Crippen LogP contribution in [0, 0.1) is 0 Å². The molecule has 0 amide bonds. The first kappa shape index (κ1) is 10.3. The summed E-state index contributed by atoms with van der Waals surface area (Å²) in [6, 6.07) is 9.17. The Bertz CT molecular complexity index is 391. The van der Waals surface area contributed by atoms with E-state index in [2.05, 4.69) is 36.1 Å². The lowest BCUT2D eigenvalue weighted by atomic mass is 9.91. The number of fused-ring (bicyclic) bond motifs is 1. The maximum absolute atomic E-state index is 6.57. The van der Waals surface area contributed by atoms with Crippen LogP contribution in [-0.2, 0) is 12.0 Å². The SMILES string of the molecule is CC1(N)c2ccccc2CC1N1CCCC1. The van der Waals surface area contributed by atoms with E-state index in [9.17, 15) is 0 Å². The molecule has 2 nitrogen and oxygen atoms in total. The molecule has 1 heterocycles. The van der Waals surface area contributed by atoms with Crippen LogP contribution in [0.3, 0.4) is 0 Å². The van der Waals surface area contributed by atoms with Gasteiger partial charge in [0.25, 0.3) is 0 Å². The van der Waals surface area contributed by atoms with Crippen molar-refractivity contribution in [2.24, 2.45) is 5.73 Å². The number of hydrogen-bond donors (Lipinski definition) is 1. The van der Waals surface area contributed by atoms with Crippen LogP contribution in [0.1, 0.15) is 30.9 Å². The molecule has 1 saturated heterocycles. The minimum Gasteiger partial charge on any atom is -0.320 e. The first-order chi connectivity index (χ1) is 7.69. The Kier molecular flexibility index (Phi) is 2.30. The molecule has 1 aromatic rings. The van der Waals surface area contributed by atoms with E-state index in [1.165, 1.54) is 37.1 Å². The van der Waals surface area contributed by atoms with Crippen LogP contribution in [0.5, 0.6) is 0 Å². The molecule has 1 aromatic carbocycles. The summed E-state index contributed by atoms with van der Waals surface area (Å²) in [6.07, 6.45) is 3.80. The highest BCUT2D eigenvalue weighted by molar-refractivity contribution is 5.40. The maximum Gasteiger partial charge on any atom is 0.0544 e. The van der Waals surface area contributed by atoms with Gasteiger partial charge >= 0.3 is 0 Å². The molecule has 1 aliphatic heterocycles. The topological polar surface area (TPSA) is 29.3 Å². The Morgan fingerprint density at radius 1 is 1.25 bits per heavy atom. The summed E-state index contributed by atoms with van der Waals surface area (Å²) in [7, 11) is 0. The number of hydrogen-bond acceptors (Lipinski definition) is 2. The van der Waals surface area contributed by atoms with Crippen LogP contribution >= 0.6 is 0 Å². The van der Waals surface area contributed by atoms with Gasteiger partial charge in [-0.15, -0.1) is 0 Å². The summed E-state index contributed by atoms with van der Waals surface area (Å²) in [6.45, 7) is 4.65. The lowest BCUT2D eigenvalue weighted by molar-refractivity contribution is 0.172. The number of benzene rings is 1. The molecule has 2 aliphatic rings. The monoisotopic (exact) mass is 216 g/mol. The summed E-state index contributed by atoms with van der Waals surface area (Å²) < 4.78 is 0. The van der Waals surface area contributed by atoms with Gasteiger partial charge in [-0.1, -0.05) is 24.3 Å². The highest BCUT2D eigenvalue weighted by atomic mass is 15.2. The third-order valence-electron chi connectivity index (χ3n) is 4.28. The summed E-state index contributed by atoms with van der Waals surface area (Å²) in [5, 5.41) is 0. The third-order valence-corrected chi connectivity index (χ3v) is 4.28. The van der Waals surface area contributed by atoms with Crippen LogP contribution in [0.25, 0.3) is 0 Å². The predicted molar refractivity (Wildman–Crippen MR) is 66.3 cm³/mol. The van der Waals surface area contributed by atoms with Crippen LogP contribution < -0.4 is 5.73 Å². The summed E-state index contributed by atoms with van der Waals surface area (Å²) >= 11 is 0. The quantitative estimate of drug-likeness (QED) is 0.776. The highest BCUT2D eigenvalue weighted by Crippen LogP contribution is 2.38. The lowest BCUT2D eigenvalue weighted by Gasteiger charge is -2.35. The van der Waals surface area contributed by atoms with Gasteiger partial charge in [-0.2, -0.15) is 0 Å². The van der Waals surface area contributed by atoms with Crippen molar-refractivity contribution in [3.8, 4) is 0 Å². The van der Waals surface area contributed by atoms with Crippen LogP contribution in [0.4, 0.5) is 0 Å². The summed E-state index contributed by atoms with van der Waals surface area (Å²) in [5.74, 6) is 0. The Morgan fingerprint density at radius 2 is 1.94 bits per heavy atom. The van der Waals surface area contributed by atoms with E-state index in [-0.39, 0.29) is 5.54 Å². The number of nitrogens with zero attached hydrogens (tertiary/aromatic N) is 1. The van der Waals surface area contributed by atoms with E-state index in [0.29, 0.717) is 6.04 Å². The van der Waals surface area contributed by atoms with Crippen molar-refractivity contribution in [3.63, 3.8) is 0 Å². The van der Waals surface area contributed by atoms with Crippen molar-refractivity contribution >= 4 is 0 Å². The van der Waals surface area contributed by atoms with E-state index in [4.69, 9.17) is 5.73 Å². The predicted octanol–water partition coefficient (Wildman–Crippen LogP) is 1.88. The van der Waals surface area contributed by atoms with Crippen molar-refractivity contribution in [1.82, 2.24) is 4.90 Å². The molecule has 0 spiro atoms. The molecule has 86 valence electrons. The van der Waals surface area contributed by atoms with Crippen molar-refractivity contribution in [1.29, 1.82) is 0 Å². The van der Waals surface area contributed by atoms with Gasteiger partial charge in [-0.05, 0) is 50.4 Å². The van der Waals surface area contributed by atoms with Crippen LogP contribution in [0.2, 0.25) is 0 Å². The van der Waals surface area contributed by atoms with E-state index >= 15 is 0 Å². The van der Waals surface area contributed by atoms with Gasteiger partial charge in [-0.3, -0.25) is 4.90 Å². The van der Waals surface area contributed by atoms with Gasteiger partial charge in [0.1, 0.15) is 0 Å².